The Morgan fingerprint density at radius 1 is 0.682 bits per heavy atom. The SMILES string of the molecule is C#Cc1ccc(-c2ccc(C(=O)c3ccccc3)cc2)cc1. The zero-order valence-electron chi connectivity index (χ0n) is 12.0. The fourth-order valence-electron chi connectivity index (χ4n) is 2.33. The predicted molar refractivity (Wildman–Crippen MR) is 89.7 cm³/mol. The van der Waals surface area contributed by atoms with Crippen LogP contribution in [0.4, 0.5) is 0 Å². The first-order valence-electron chi connectivity index (χ1n) is 7.05. The van der Waals surface area contributed by atoms with Crippen LogP contribution in [0.5, 0.6) is 0 Å². The Morgan fingerprint density at radius 2 is 1.18 bits per heavy atom. The van der Waals surface area contributed by atoms with Crippen LogP contribution < -0.4 is 0 Å². The van der Waals surface area contributed by atoms with Gasteiger partial charge in [0, 0.05) is 16.7 Å². The summed E-state index contributed by atoms with van der Waals surface area (Å²) in [6.07, 6.45) is 5.36. The highest BCUT2D eigenvalue weighted by atomic mass is 16.1. The summed E-state index contributed by atoms with van der Waals surface area (Å²) in [4.78, 5) is 12.4. The predicted octanol–water partition coefficient (Wildman–Crippen LogP) is 4.57. The Morgan fingerprint density at radius 3 is 1.73 bits per heavy atom. The third-order valence-electron chi connectivity index (χ3n) is 3.57. The van der Waals surface area contributed by atoms with Crippen LogP contribution in [0.1, 0.15) is 21.5 Å². The molecule has 0 aromatic heterocycles. The summed E-state index contributed by atoms with van der Waals surface area (Å²) >= 11 is 0. The van der Waals surface area contributed by atoms with Gasteiger partial charge >= 0.3 is 0 Å². The third kappa shape index (κ3) is 2.82. The molecule has 0 saturated heterocycles. The molecule has 0 spiro atoms. The molecule has 104 valence electrons. The summed E-state index contributed by atoms with van der Waals surface area (Å²) < 4.78 is 0. The van der Waals surface area contributed by atoms with Crippen molar-refractivity contribution in [3.8, 4) is 23.5 Å². The number of carbonyl (C=O) groups is 1. The fraction of sp³-hybridized carbons (Fsp3) is 0. The highest BCUT2D eigenvalue weighted by molar-refractivity contribution is 6.09. The minimum atomic E-state index is 0.0369. The van der Waals surface area contributed by atoms with Gasteiger partial charge in [0.1, 0.15) is 0 Å². The Labute approximate surface area is 130 Å². The van der Waals surface area contributed by atoms with E-state index in [-0.39, 0.29) is 5.78 Å². The number of rotatable bonds is 3. The monoisotopic (exact) mass is 282 g/mol. The second kappa shape index (κ2) is 6.11. The molecule has 0 aliphatic rings. The van der Waals surface area contributed by atoms with Gasteiger partial charge in [0.2, 0.25) is 0 Å². The van der Waals surface area contributed by atoms with Gasteiger partial charge < -0.3 is 0 Å². The van der Waals surface area contributed by atoms with E-state index in [2.05, 4.69) is 5.92 Å². The van der Waals surface area contributed by atoms with E-state index in [0.29, 0.717) is 11.1 Å². The smallest absolute Gasteiger partial charge is 0.193 e. The summed E-state index contributed by atoms with van der Waals surface area (Å²) in [6, 6.07) is 24.7. The molecule has 0 amide bonds. The van der Waals surface area contributed by atoms with Crippen LogP contribution in [-0.4, -0.2) is 5.78 Å². The van der Waals surface area contributed by atoms with E-state index >= 15 is 0 Å². The molecule has 0 saturated carbocycles. The second-order valence-electron chi connectivity index (χ2n) is 4.99. The van der Waals surface area contributed by atoms with Crippen LogP contribution in [-0.2, 0) is 0 Å². The van der Waals surface area contributed by atoms with Gasteiger partial charge in [0.15, 0.2) is 5.78 Å². The molecule has 3 rings (SSSR count). The van der Waals surface area contributed by atoms with E-state index in [4.69, 9.17) is 6.42 Å². The summed E-state index contributed by atoms with van der Waals surface area (Å²) in [5.41, 5.74) is 4.40. The zero-order chi connectivity index (χ0) is 15.4. The summed E-state index contributed by atoms with van der Waals surface area (Å²) in [5, 5.41) is 0. The third-order valence-corrected chi connectivity index (χ3v) is 3.57. The van der Waals surface area contributed by atoms with Crippen molar-refractivity contribution in [1.29, 1.82) is 0 Å². The molecule has 1 nitrogen and oxygen atoms in total. The summed E-state index contributed by atoms with van der Waals surface area (Å²) in [7, 11) is 0. The molecule has 0 fully saturated rings. The van der Waals surface area contributed by atoms with Crippen LogP contribution in [0.2, 0.25) is 0 Å². The first-order valence-corrected chi connectivity index (χ1v) is 7.05. The van der Waals surface area contributed by atoms with Crippen molar-refractivity contribution in [2.75, 3.05) is 0 Å². The lowest BCUT2D eigenvalue weighted by molar-refractivity contribution is 0.103. The van der Waals surface area contributed by atoms with Gasteiger partial charge in [-0.1, -0.05) is 72.7 Å². The summed E-state index contributed by atoms with van der Waals surface area (Å²) in [5.74, 6) is 2.64. The highest BCUT2D eigenvalue weighted by Gasteiger charge is 2.08. The molecule has 0 atom stereocenters. The van der Waals surface area contributed by atoms with Gasteiger partial charge in [-0.2, -0.15) is 0 Å². The average molecular weight is 282 g/mol. The average Bonchev–Trinajstić information content (AvgIpc) is 2.62. The number of benzene rings is 3. The highest BCUT2D eigenvalue weighted by Crippen LogP contribution is 2.21. The van der Waals surface area contributed by atoms with E-state index in [1.54, 1.807) is 0 Å². The number of carbonyl (C=O) groups excluding carboxylic acids is 1. The maximum atomic E-state index is 12.4. The fourth-order valence-corrected chi connectivity index (χ4v) is 2.33. The van der Waals surface area contributed by atoms with E-state index in [9.17, 15) is 4.79 Å². The number of hydrogen-bond acceptors (Lipinski definition) is 1. The Balaban J connectivity index is 1.86. The molecule has 3 aromatic carbocycles. The Bertz CT molecular complexity index is 820. The molecule has 0 bridgehead atoms. The van der Waals surface area contributed by atoms with Crippen molar-refractivity contribution >= 4 is 5.78 Å². The first-order chi connectivity index (χ1) is 10.8. The molecule has 3 aromatic rings. The molecular weight excluding hydrogens is 268 g/mol. The minimum Gasteiger partial charge on any atom is -0.289 e. The normalized spacial score (nSPS) is 9.95. The van der Waals surface area contributed by atoms with Crippen molar-refractivity contribution in [3.63, 3.8) is 0 Å². The maximum absolute atomic E-state index is 12.4. The van der Waals surface area contributed by atoms with Gasteiger partial charge in [0.05, 0.1) is 0 Å². The van der Waals surface area contributed by atoms with Gasteiger partial charge in [0.25, 0.3) is 0 Å². The molecule has 0 radical (unpaired) electrons. The number of ketones is 1. The van der Waals surface area contributed by atoms with E-state index in [1.165, 1.54) is 0 Å². The standard InChI is InChI=1S/C21H14O/c1-2-16-8-10-17(11-9-16)18-12-14-20(15-13-18)21(22)19-6-4-3-5-7-19/h1,3-15H. The molecule has 1 heteroatoms. The molecule has 0 heterocycles. The minimum absolute atomic E-state index is 0.0369. The van der Waals surface area contributed by atoms with Gasteiger partial charge in [-0.05, 0) is 23.3 Å². The van der Waals surface area contributed by atoms with E-state index in [1.807, 2.05) is 78.9 Å². The van der Waals surface area contributed by atoms with Crippen LogP contribution >= 0.6 is 0 Å². The lowest BCUT2D eigenvalue weighted by Gasteiger charge is -2.05. The lowest BCUT2D eigenvalue weighted by Crippen LogP contribution is -2.00. The van der Waals surface area contributed by atoms with Crippen LogP contribution in [0.3, 0.4) is 0 Å². The van der Waals surface area contributed by atoms with Gasteiger partial charge in [-0.3, -0.25) is 4.79 Å². The second-order valence-corrected chi connectivity index (χ2v) is 4.99. The molecule has 0 aliphatic carbocycles. The molecular formula is C21H14O. The molecule has 0 unspecified atom stereocenters. The van der Waals surface area contributed by atoms with Crippen molar-refractivity contribution in [2.45, 2.75) is 0 Å². The van der Waals surface area contributed by atoms with Gasteiger partial charge in [-0.25, -0.2) is 0 Å². The Hall–Kier alpha value is -3.11. The lowest BCUT2D eigenvalue weighted by atomic mass is 9.99. The number of terminal acetylenes is 1. The quantitative estimate of drug-likeness (QED) is 0.508. The largest absolute Gasteiger partial charge is 0.289 e. The van der Waals surface area contributed by atoms with Crippen LogP contribution in [0.15, 0.2) is 78.9 Å². The summed E-state index contributed by atoms with van der Waals surface area (Å²) in [6.45, 7) is 0. The topological polar surface area (TPSA) is 17.1 Å². The zero-order valence-corrected chi connectivity index (χ0v) is 12.0. The first kappa shape index (κ1) is 13.9. The van der Waals surface area contributed by atoms with Crippen molar-refractivity contribution in [1.82, 2.24) is 0 Å². The van der Waals surface area contributed by atoms with Crippen molar-refractivity contribution < 1.29 is 4.79 Å². The molecule has 0 N–H and O–H groups in total. The number of hydrogen-bond donors (Lipinski definition) is 0. The van der Waals surface area contributed by atoms with E-state index in [0.717, 1.165) is 16.7 Å². The van der Waals surface area contributed by atoms with Crippen molar-refractivity contribution in [3.05, 3.63) is 95.6 Å². The molecule has 0 aliphatic heterocycles. The van der Waals surface area contributed by atoms with Gasteiger partial charge in [-0.15, -0.1) is 6.42 Å². The Kier molecular flexibility index (Phi) is 3.85. The van der Waals surface area contributed by atoms with Crippen molar-refractivity contribution in [2.24, 2.45) is 0 Å². The van der Waals surface area contributed by atoms with E-state index < -0.39 is 0 Å². The van der Waals surface area contributed by atoms with Crippen LogP contribution in [0.25, 0.3) is 11.1 Å². The maximum Gasteiger partial charge on any atom is 0.193 e. The van der Waals surface area contributed by atoms with Crippen LogP contribution in [0, 0.1) is 12.3 Å². The molecule has 22 heavy (non-hydrogen) atoms.